The van der Waals surface area contributed by atoms with Gasteiger partial charge < -0.3 is 0 Å². The molecule has 2 heteroatoms. The Morgan fingerprint density at radius 1 is 1.15 bits per heavy atom. The molecule has 0 radical (unpaired) electrons. The summed E-state index contributed by atoms with van der Waals surface area (Å²) in [5.41, 5.74) is 6.07. The average molecular weight is 376 g/mol. The monoisotopic (exact) mass is 376 g/mol. The van der Waals surface area contributed by atoms with Crippen LogP contribution in [0.3, 0.4) is 0 Å². The number of halogens is 1. The van der Waals surface area contributed by atoms with E-state index in [-0.39, 0.29) is 5.78 Å². The topological polar surface area (TPSA) is 17.1 Å². The molecule has 20 heavy (non-hydrogen) atoms. The zero-order valence-electron chi connectivity index (χ0n) is 11.6. The van der Waals surface area contributed by atoms with E-state index in [0.717, 1.165) is 14.7 Å². The lowest BCUT2D eigenvalue weighted by molar-refractivity contribution is 0.0992. The van der Waals surface area contributed by atoms with Gasteiger partial charge in [0.15, 0.2) is 5.78 Å². The summed E-state index contributed by atoms with van der Waals surface area (Å²) in [6.07, 6.45) is 4.12. The number of benzene rings is 2. The number of aryl methyl sites for hydroxylation is 3. The van der Waals surface area contributed by atoms with Crippen molar-refractivity contribution in [1.29, 1.82) is 0 Å². The zero-order valence-corrected chi connectivity index (χ0v) is 13.7. The van der Waals surface area contributed by atoms with Crippen LogP contribution in [0.15, 0.2) is 36.4 Å². The van der Waals surface area contributed by atoms with Gasteiger partial charge in [-0.2, -0.15) is 0 Å². The van der Waals surface area contributed by atoms with Gasteiger partial charge in [0.25, 0.3) is 0 Å². The van der Waals surface area contributed by atoms with Crippen molar-refractivity contribution in [3.63, 3.8) is 0 Å². The van der Waals surface area contributed by atoms with E-state index in [0.29, 0.717) is 6.42 Å². The molecule has 2 aromatic carbocycles. The van der Waals surface area contributed by atoms with Crippen LogP contribution < -0.4 is 0 Å². The molecule has 1 nitrogen and oxygen atoms in total. The van der Waals surface area contributed by atoms with Gasteiger partial charge in [-0.25, -0.2) is 0 Å². The van der Waals surface area contributed by atoms with Crippen LogP contribution in [0.1, 0.15) is 39.0 Å². The highest BCUT2D eigenvalue weighted by Gasteiger charge is 2.15. The third kappa shape index (κ3) is 2.66. The summed E-state index contributed by atoms with van der Waals surface area (Å²) in [5, 5.41) is 0. The molecule has 1 aliphatic carbocycles. The van der Waals surface area contributed by atoms with Crippen LogP contribution in [0, 0.1) is 10.5 Å². The summed E-state index contributed by atoms with van der Waals surface area (Å²) >= 11 is 2.27. The van der Waals surface area contributed by atoms with Gasteiger partial charge in [0.2, 0.25) is 0 Å². The SMILES string of the molecule is Cc1cccc(C(=O)Cc2ccc3c(c2)CCC3)c1I. The predicted octanol–water partition coefficient (Wildman–Crippen LogP) is 4.51. The Labute approximate surface area is 133 Å². The van der Waals surface area contributed by atoms with Crippen molar-refractivity contribution in [1.82, 2.24) is 0 Å². The van der Waals surface area contributed by atoms with Crippen LogP contribution in [-0.4, -0.2) is 5.78 Å². The first-order valence-electron chi connectivity index (χ1n) is 7.04. The smallest absolute Gasteiger partial charge is 0.168 e. The Morgan fingerprint density at radius 3 is 2.80 bits per heavy atom. The Kier molecular flexibility index (Phi) is 3.92. The fraction of sp³-hybridized carbons (Fsp3) is 0.278. The first-order chi connectivity index (χ1) is 9.65. The highest BCUT2D eigenvalue weighted by molar-refractivity contribution is 14.1. The second kappa shape index (κ2) is 5.68. The standard InChI is InChI=1S/C18H17IO/c1-12-4-2-7-16(18(12)19)17(20)11-13-8-9-14-5-3-6-15(14)10-13/h2,4,7-10H,3,5-6,11H2,1H3. The summed E-state index contributed by atoms with van der Waals surface area (Å²) in [7, 11) is 0. The molecule has 0 N–H and O–H groups in total. The molecule has 0 heterocycles. The van der Waals surface area contributed by atoms with Gasteiger partial charge in [0.1, 0.15) is 0 Å². The summed E-state index contributed by atoms with van der Waals surface area (Å²) < 4.78 is 1.08. The van der Waals surface area contributed by atoms with Crippen molar-refractivity contribution in [2.24, 2.45) is 0 Å². The van der Waals surface area contributed by atoms with Gasteiger partial charge in [0, 0.05) is 15.6 Å². The summed E-state index contributed by atoms with van der Waals surface area (Å²) in [5.74, 6) is 0.219. The van der Waals surface area contributed by atoms with Crippen molar-refractivity contribution in [2.45, 2.75) is 32.6 Å². The number of carbonyl (C=O) groups is 1. The molecule has 0 atom stereocenters. The normalized spacial score (nSPS) is 13.3. The van der Waals surface area contributed by atoms with Crippen LogP contribution in [0.25, 0.3) is 0 Å². The first kappa shape index (κ1) is 13.8. The van der Waals surface area contributed by atoms with Gasteiger partial charge in [-0.15, -0.1) is 0 Å². The minimum atomic E-state index is 0.219. The maximum atomic E-state index is 12.5. The molecule has 1 aliphatic rings. The zero-order chi connectivity index (χ0) is 14.1. The van der Waals surface area contributed by atoms with E-state index < -0.39 is 0 Å². The van der Waals surface area contributed by atoms with Crippen molar-refractivity contribution in [2.75, 3.05) is 0 Å². The molecule has 0 bridgehead atoms. The van der Waals surface area contributed by atoms with Crippen molar-refractivity contribution in [3.8, 4) is 0 Å². The number of hydrogen-bond donors (Lipinski definition) is 0. The molecular weight excluding hydrogens is 359 g/mol. The van der Waals surface area contributed by atoms with Crippen LogP contribution in [0.5, 0.6) is 0 Å². The maximum Gasteiger partial charge on any atom is 0.168 e. The quantitative estimate of drug-likeness (QED) is 0.569. The van der Waals surface area contributed by atoms with Crippen LogP contribution in [0.2, 0.25) is 0 Å². The minimum absolute atomic E-state index is 0.219. The molecule has 0 unspecified atom stereocenters. The third-order valence-electron chi connectivity index (χ3n) is 4.02. The van der Waals surface area contributed by atoms with Crippen LogP contribution in [0.4, 0.5) is 0 Å². The fourth-order valence-electron chi connectivity index (χ4n) is 2.88. The van der Waals surface area contributed by atoms with Gasteiger partial charge >= 0.3 is 0 Å². The maximum absolute atomic E-state index is 12.5. The predicted molar refractivity (Wildman–Crippen MR) is 90.4 cm³/mol. The molecule has 0 amide bonds. The molecule has 0 aromatic heterocycles. The lowest BCUT2D eigenvalue weighted by Gasteiger charge is -2.08. The molecule has 0 saturated carbocycles. The van der Waals surface area contributed by atoms with Gasteiger partial charge in [-0.3, -0.25) is 4.79 Å². The molecule has 0 spiro atoms. The molecule has 0 aliphatic heterocycles. The van der Waals surface area contributed by atoms with Crippen molar-refractivity contribution >= 4 is 28.4 Å². The van der Waals surface area contributed by atoms with Crippen LogP contribution in [-0.2, 0) is 19.3 Å². The molecule has 0 fully saturated rings. The average Bonchev–Trinajstić information content (AvgIpc) is 2.89. The van der Waals surface area contributed by atoms with Gasteiger partial charge in [-0.05, 0) is 71.0 Å². The number of ketones is 1. The number of hydrogen-bond acceptors (Lipinski definition) is 1. The summed E-state index contributed by atoms with van der Waals surface area (Å²) in [4.78, 5) is 12.5. The fourth-order valence-corrected chi connectivity index (χ4v) is 3.54. The molecular formula is C18H17IO. The van der Waals surface area contributed by atoms with Gasteiger partial charge in [0.05, 0.1) is 0 Å². The summed E-state index contributed by atoms with van der Waals surface area (Å²) in [6.45, 7) is 2.05. The van der Waals surface area contributed by atoms with E-state index in [1.807, 2.05) is 25.1 Å². The van der Waals surface area contributed by atoms with E-state index in [4.69, 9.17) is 0 Å². The van der Waals surface area contributed by atoms with Crippen molar-refractivity contribution < 1.29 is 4.79 Å². The second-order valence-corrected chi connectivity index (χ2v) is 6.57. The highest BCUT2D eigenvalue weighted by Crippen LogP contribution is 2.24. The highest BCUT2D eigenvalue weighted by atomic mass is 127. The van der Waals surface area contributed by atoms with E-state index in [1.165, 1.54) is 36.0 Å². The largest absolute Gasteiger partial charge is 0.294 e. The molecule has 102 valence electrons. The Hall–Kier alpha value is -1.16. The number of carbonyl (C=O) groups excluding carboxylic acids is 1. The second-order valence-electron chi connectivity index (χ2n) is 5.49. The molecule has 0 saturated heterocycles. The third-order valence-corrected chi connectivity index (χ3v) is 5.45. The van der Waals surface area contributed by atoms with E-state index in [2.05, 4.69) is 40.8 Å². The van der Waals surface area contributed by atoms with Crippen molar-refractivity contribution in [3.05, 3.63) is 67.8 Å². The Bertz CT molecular complexity index is 673. The van der Waals surface area contributed by atoms with Gasteiger partial charge in [-0.1, -0.05) is 36.4 Å². The number of rotatable bonds is 3. The number of fused-ring (bicyclic) bond motifs is 1. The lowest BCUT2D eigenvalue weighted by atomic mass is 9.99. The van der Waals surface area contributed by atoms with E-state index in [9.17, 15) is 4.79 Å². The van der Waals surface area contributed by atoms with Crippen LogP contribution >= 0.6 is 22.6 Å². The molecule has 2 aromatic rings. The Morgan fingerprint density at radius 2 is 1.95 bits per heavy atom. The number of Topliss-reactive ketones (excluding diaryl/α,β-unsaturated/α-hetero) is 1. The lowest BCUT2D eigenvalue weighted by Crippen LogP contribution is -2.07. The Balaban J connectivity index is 1.84. The first-order valence-corrected chi connectivity index (χ1v) is 8.12. The summed E-state index contributed by atoms with van der Waals surface area (Å²) in [6, 6.07) is 12.5. The molecule has 3 rings (SSSR count). The minimum Gasteiger partial charge on any atom is -0.294 e. The van der Waals surface area contributed by atoms with E-state index in [1.54, 1.807) is 0 Å². The van der Waals surface area contributed by atoms with E-state index >= 15 is 0 Å².